The lowest BCUT2D eigenvalue weighted by Crippen LogP contribution is -2.38. The van der Waals surface area contributed by atoms with E-state index >= 15 is 0 Å². The van der Waals surface area contributed by atoms with Crippen LogP contribution in [0.25, 0.3) is 6.20 Å². The quantitative estimate of drug-likeness (QED) is 0.810. The minimum absolute atomic E-state index is 0.267. The fraction of sp³-hybridized carbons (Fsp3) is 0.375. The molecule has 1 aromatic heterocycles. The molecule has 2 N–H and O–H groups in total. The highest BCUT2D eigenvalue weighted by molar-refractivity contribution is 5.18. The number of aromatic nitrogens is 2. The van der Waals surface area contributed by atoms with Gasteiger partial charge >= 0.3 is 6.18 Å². The van der Waals surface area contributed by atoms with Gasteiger partial charge in [-0.3, -0.25) is 0 Å². The average molecular weight is 205 g/mol. The molecule has 1 unspecified atom stereocenters. The third-order valence-corrected chi connectivity index (χ3v) is 1.72. The van der Waals surface area contributed by atoms with Crippen LogP contribution in [0.5, 0.6) is 0 Å². The Hall–Kier alpha value is -1.30. The Balaban J connectivity index is 2.65. The molecular formula is C8H10F3N3. The van der Waals surface area contributed by atoms with Crippen LogP contribution in [0.2, 0.25) is 0 Å². The molecule has 0 spiro atoms. The van der Waals surface area contributed by atoms with Crippen molar-refractivity contribution in [3.8, 4) is 0 Å². The van der Waals surface area contributed by atoms with Crippen molar-refractivity contribution < 1.29 is 13.2 Å². The van der Waals surface area contributed by atoms with E-state index in [1.165, 1.54) is 23.3 Å². The minimum Gasteiger partial charge on any atom is -0.320 e. The topological polar surface area (TPSA) is 43.8 Å². The number of alkyl halides is 3. The maximum Gasteiger partial charge on any atom is 0.403 e. The van der Waals surface area contributed by atoms with E-state index in [-0.39, 0.29) is 6.42 Å². The molecule has 1 atom stereocenters. The first kappa shape index (κ1) is 10.8. The summed E-state index contributed by atoms with van der Waals surface area (Å²) in [6.45, 7) is 3.42. The Morgan fingerprint density at radius 1 is 1.64 bits per heavy atom. The summed E-state index contributed by atoms with van der Waals surface area (Å²) in [5.74, 6) is 0. The second-order valence-electron chi connectivity index (χ2n) is 2.86. The Morgan fingerprint density at radius 3 is 2.71 bits per heavy atom. The molecular weight excluding hydrogens is 195 g/mol. The summed E-state index contributed by atoms with van der Waals surface area (Å²) >= 11 is 0. The maximum absolute atomic E-state index is 12.1. The third kappa shape index (κ3) is 2.59. The first-order chi connectivity index (χ1) is 6.43. The Bertz CT molecular complexity index is 316. The van der Waals surface area contributed by atoms with Crippen molar-refractivity contribution in [3.63, 3.8) is 0 Å². The van der Waals surface area contributed by atoms with Gasteiger partial charge in [-0.05, 0) is 12.0 Å². The zero-order chi connectivity index (χ0) is 10.8. The van der Waals surface area contributed by atoms with Crippen molar-refractivity contribution in [1.29, 1.82) is 0 Å². The summed E-state index contributed by atoms with van der Waals surface area (Å²) in [5, 5.41) is 3.75. The van der Waals surface area contributed by atoms with Gasteiger partial charge in [0.25, 0.3) is 0 Å². The number of halogens is 3. The van der Waals surface area contributed by atoms with Crippen LogP contribution in [0.1, 0.15) is 5.56 Å². The van der Waals surface area contributed by atoms with Crippen LogP contribution < -0.4 is 5.73 Å². The molecule has 0 fully saturated rings. The van der Waals surface area contributed by atoms with Crippen molar-refractivity contribution in [2.75, 3.05) is 0 Å². The van der Waals surface area contributed by atoms with Crippen LogP contribution in [0.15, 0.2) is 19.0 Å². The van der Waals surface area contributed by atoms with Crippen LogP contribution >= 0.6 is 0 Å². The highest BCUT2D eigenvalue weighted by Gasteiger charge is 2.36. The minimum atomic E-state index is -4.36. The molecule has 0 saturated heterocycles. The van der Waals surface area contributed by atoms with E-state index in [9.17, 15) is 13.2 Å². The first-order valence-corrected chi connectivity index (χ1v) is 3.91. The van der Waals surface area contributed by atoms with E-state index < -0.39 is 12.2 Å². The summed E-state index contributed by atoms with van der Waals surface area (Å²) in [4.78, 5) is 0. The molecule has 0 amide bonds. The molecule has 1 heterocycles. The molecule has 0 bridgehead atoms. The smallest absolute Gasteiger partial charge is 0.320 e. The lowest BCUT2D eigenvalue weighted by atomic mass is 10.1. The second kappa shape index (κ2) is 3.83. The lowest BCUT2D eigenvalue weighted by molar-refractivity contribution is -0.147. The fourth-order valence-corrected chi connectivity index (χ4v) is 0.952. The van der Waals surface area contributed by atoms with Gasteiger partial charge in [-0.25, -0.2) is 4.68 Å². The highest BCUT2D eigenvalue weighted by atomic mass is 19.4. The molecule has 6 heteroatoms. The van der Waals surface area contributed by atoms with E-state index in [1.54, 1.807) is 0 Å². The second-order valence-corrected chi connectivity index (χ2v) is 2.86. The van der Waals surface area contributed by atoms with Gasteiger partial charge < -0.3 is 5.73 Å². The van der Waals surface area contributed by atoms with Crippen LogP contribution in [-0.4, -0.2) is 22.0 Å². The van der Waals surface area contributed by atoms with Crippen LogP contribution in [0.4, 0.5) is 13.2 Å². The zero-order valence-corrected chi connectivity index (χ0v) is 7.33. The monoisotopic (exact) mass is 205 g/mol. The highest BCUT2D eigenvalue weighted by Crippen LogP contribution is 2.21. The Morgan fingerprint density at radius 2 is 2.29 bits per heavy atom. The van der Waals surface area contributed by atoms with E-state index in [0.717, 1.165) is 0 Å². The van der Waals surface area contributed by atoms with Crippen molar-refractivity contribution in [2.24, 2.45) is 5.73 Å². The van der Waals surface area contributed by atoms with E-state index in [0.29, 0.717) is 5.56 Å². The van der Waals surface area contributed by atoms with Crippen LogP contribution in [0.3, 0.4) is 0 Å². The standard InChI is InChI=1S/C8H10F3N3/c1-2-14-5-6(4-13-14)3-7(12)8(9,10)11/h2,4-5,7H,1,3,12H2. The molecule has 0 saturated carbocycles. The zero-order valence-electron chi connectivity index (χ0n) is 7.33. The maximum atomic E-state index is 12.1. The largest absolute Gasteiger partial charge is 0.403 e. The summed E-state index contributed by atoms with van der Waals surface area (Å²) in [7, 11) is 0. The van der Waals surface area contributed by atoms with Gasteiger partial charge in [-0.1, -0.05) is 6.58 Å². The molecule has 3 nitrogen and oxygen atoms in total. The summed E-state index contributed by atoms with van der Waals surface area (Å²) < 4.78 is 37.5. The van der Waals surface area contributed by atoms with Crippen molar-refractivity contribution in [1.82, 2.24) is 9.78 Å². The number of nitrogens with zero attached hydrogens (tertiary/aromatic N) is 2. The molecule has 0 aliphatic rings. The number of hydrogen-bond donors (Lipinski definition) is 1. The Kier molecular flexibility index (Phi) is 2.95. The first-order valence-electron chi connectivity index (χ1n) is 3.91. The molecule has 0 radical (unpaired) electrons. The molecule has 1 rings (SSSR count). The molecule has 0 aromatic carbocycles. The van der Waals surface area contributed by atoms with Gasteiger partial charge in [0.05, 0.1) is 6.20 Å². The van der Waals surface area contributed by atoms with Gasteiger partial charge in [-0.15, -0.1) is 0 Å². The van der Waals surface area contributed by atoms with E-state index in [4.69, 9.17) is 5.73 Å². The van der Waals surface area contributed by atoms with Gasteiger partial charge in [0, 0.05) is 12.4 Å². The molecule has 78 valence electrons. The van der Waals surface area contributed by atoms with Crippen molar-refractivity contribution in [3.05, 3.63) is 24.5 Å². The average Bonchev–Trinajstić information content (AvgIpc) is 2.50. The third-order valence-electron chi connectivity index (χ3n) is 1.72. The van der Waals surface area contributed by atoms with Crippen molar-refractivity contribution in [2.45, 2.75) is 18.6 Å². The normalized spacial score (nSPS) is 14.0. The summed E-state index contributed by atoms with van der Waals surface area (Å²) in [5.41, 5.74) is 5.39. The summed E-state index contributed by atoms with van der Waals surface area (Å²) in [6.07, 6.45) is -0.442. The van der Waals surface area contributed by atoms with E-state index in [2.05, 4.69) is 11.7 Å². The molecule has 14 heavy (non-hydrogen) atoms. The predicted octanol–water partition coefficient (Wildman–Crippen LogP) is 1.42. The van der Waals surface area contributed by atoms with Gasteiger partial charge in [0.15, 0.2) is 0 Å². The van der Waals surface area contributed by atoms with Crippen molar-refractivity contribution >= 4 is 6.20 Å². The van der Waals surface area contributed by atoms with Crippen LogP contribution in [0, 0.1) is 0 Å². The van der Waals surface area contributed by atoms with Crippen LogP contribution in [-0.2, 0) is 6.42 Å². The van der Waals surface area contributed by atoms with Gasteiger partial charge in [-0.2, -0.15) is 18.3 Å². The lowest BCUT2D eigenvalue weighted by Gasteiger charge is -2.13. The molecule has 0 aliphatic heterocycles. The number of hydrogen-bond acceptors (Lipinski definition) is 2. The SMILES string of the molecule is C=Cn1cc(CC(N)C(F)(F)F)cn1. The molecule has 1 aromatic rings. The molecule has 0 aliphatic carbocycles. The van der Waals surface area contributed by atoms with Gasteiger partial charge in [0.1, 0.15) is 6.04 Å². The summed E-state index contributed by atoms with van der Waals surface area (Å²) in [6, 6.07) is -1.84. The van der Waals surface area contributed by atoms with Gasteiger partial charge in [0.2, 0.25) is 0 Å². The number of rotatable bonds is 3. The fourth-order valence-electron chi connectivity index (χ4n) is 0.952. The van der Waals surface area contributed by atoms with E-state index in [1.807, 2.05) is 0 Å². The number of nitrogens with two attached hydrogens (primary N) is 1. The predicted molar refractivity (Wildman–Crippen MR) is 46.3 cm³/mol. The Labute approximate surface area is 79.0 Å².